The molecule has 5 heterocycles. The number of carbonyl (C=O) groups is 1. The number of aromatic amines is 1. The van der Waals surface area contributed by atoms with Crippen molar-refractivity contribution in [2.75, 3.05) is 13.7 Å². The lowest BCUT2D eigenvalue weighted by atomic mass is 9.77. The van der Waals surface area contributed by atoms with Gasteiger partial charge in [0, 0.05) is 55.3 Å². The van der Waals surface area contributed by atoms with E-state index in [2.05, 4.69) is 126 Å². The summed E-state index contributed by atoms with van der Waals surface area (Å²) >= 11 is 0. The van der Waals surface area contributed by atoms with Crippen LogP contribution in [0, 0.1) is 0 Å². The second-order valence-electron chi connectivity index (χ2n) is 13.8. The predicted molar refractivity (Wildman–Crippen MR) is 220 cm³/mol. The van der Waals surface area contributed by atoms with Crippen LogP contribution < -0.4 is 5.32 Å². The Bertz CT molecular complexity index is 2760. The molecule has 0 bridgehead atoms. The van der Waals surface area contributed by atoms with Gasteiger partial charge < -0.3 is 20.1 Å². The lowest BCUT2D eigenvalue weighted by Crippen LogP contribution is -2.38. The van der Waals surface area contributed by atoms with Crippen molar-refractivity contribution >= 4 is 28.0 Å². The smallest absolute Gasteiger partial charge is 0.407 e. The highest BCUT2D eigenvalue weighted by molar-refractivity contribution is 5.98. The van der Waals surface area contributed by atoms with Crippen LogP contribution in [0.15, 0.2) is 146 Å². The topological polar surface area (TPSA) is 162 Å². The van der Waals surface area contributed by atoms with Crippen molar-refractivity contribution in [3.05, 3.63) is 168 Å². The van der Waals surface area contributed by atoms with E-state index in [0.717, 1.165) is 49.8 Å². The number of aliphatic hydroxyl groups excluding tert-OH is 1. The van der Waals surface area contributed by atoms with Crippen LogP contribution in [0.5, 0.6) is 0 Å². The van der Waals surface area contributed by atoms with Gasteiger partial charge in [0.2, 0.25) is 0 Å². The molecule has 0 aliphatic rings. The zero-order chi connectivity index (χ0) is 39.5. The van der Waals surface area contributed by atoms with Crippen LogP contribution in [0.25, 0.3) is 56.0 Å². The summed E-state index contributed by atoms with van der Waals surface area (Å²) in [5.74, 6) is 0.548. The Morgan fingerprint density at radius 2 is 1.55 bits per heavy atom. The Hall–Kier alpha value is -7.51. The van der Waals surface area contributed by atoms with Crippen molar-refractivity contribution in [2.24, 2.45) is 0 Å². The summed E-state index contributed by atoms with van der Waals surface area (Å²) < 4.78 is 9.14. The number of pyridine rings is 2. The highest BCUT2D eigenvalue weighted by Gasteiger charge is 2.41. The SMILES string of the molecule is CNC(=O)OCc1cncc(-c2ccc3c(c2)c(-c2nc4c(-c5cn(CCCO)nn5)nccc4[nH]2)nn3C(c2ccccc2)(c2ccccc2)c2ccccc2)c1. The molecule has 0 aliphatic heterocycles. The van der Waals surface area contributed by atoms with E-state index in [4.69, 9.17) is 14.8 Å². The Morgan fingerprint density at radius 3 is 2.22 bits per heavy atom. The lowest BCUT2D eigenvalue weighted by molar-refractivity contribution is 0.142. The van der Waals surface area contributed by atoms with Gasteiger partial charge in [-0.15, -0.1) is 5.10 Å². The van der Waals surface area contributed by atoms with Crippen LogP contribution in [0.4, 0.5) is 4.79 Å². The van der Waals surface area contributed by atoms with E-state index in [-0.39, 0.29) is 13.2 Å². The summed E-state index contributed by atoms with van der Waals surface area (Å²) in [4.78, 5) is 29.8. The van der Waals surface area contributed by atoms with Gasteiger partial charge in [0.25, 0.3) is 0 Å². The first kappa shape index (κ1) is 36.1. The lowest BCUT2D eigenvalue weighted by Gasteiger charge is -2.37. The maximum Gasteiger partial charge on any atom is 0.407 e. The molecule has 0 fully saturated rings. The molecule has 5 aromatic heterocycles. The molecule has 3 N–H and O–H groups in total. The van der Waals surface area contributed by atoms with Crippen molar-refractivity contribution in [3.8, 4) is 34.0 Å². The minimum atomic E-state index is -0.910. The molecule has 0 atom stereocenters. The fourth-order valence-corrected chi connectivity index (χ4v) is 7.56. The maximum atomic E-state index is 11.9. The summed E-state index contributed by atoms with van der Waals surface area (Å²) in [7, 11) is 1.52. The van der Waals surface area contributed by atoms with Gasteiger partial charge in [-0.25, -0.2) is 14.5 Å². The zero-order valence-corrected chi connectivity index (χ0v) is 31.5. The number of fused-ring (bicyclic) bond motifs is 2. The first-order chi connectivity index (χ1) is 28.6. The van der Waals surface area contributed by atoms with Gasteiger partial charge in [0.05, 0.1) is 17.2 Å². The van der Waals surface area contributed by atoms with Gasteiger partial charge >= 0.3 is 6.09 Å². The number of hydrogen-bond acceptors (Lipinski definition) is 9. The number of alkyl carbamates (subject to hydrolysis) is 1. The second kappa shape index (κ2) is 15.6. The van der Waals surface area contributed by atoms with E-state index in [1.165, 1.54) is 7.05 Å². The molecule has 58 heavy (non-hydrogen) atoms. The average molecular weight is 767 g/mol. The van der Waals surface area contributed by atoms with Crippen molar-refractivity contribution in [2.45, 2.75) is 25.1 Å². The highest BCUT2D eigenvalue weighted by atomic mass is 16.5. The molecule has 4 aromatic carbocycles. The van der Waals surface area contributed by atoms with Crippen molar-refractivity contribution in [1.29, 1.82) is 0 Å². The third kappa shape index (κ3) is 6.52. The number of aryl methyl sites for hydroxylation is 1. The Balaban J connectivity index is 1.30. The molecular formula is C45H38N10O3. The molecule has 286 valence electrons. The van der Waals surface area contributed by atoms with Crippen LogP contribution in [-0.2, 0) is 23.4 Å². The predicted octanol–water partition coefficient (Wildman–Crippen LogP) is 7.37. The quantitative estimate of drug-likeness (QED) is 0.108. The van der Waals surface area contributed by atoms with E-state index >= 15 is 0 Å². The normalized spacial score (nSPS) is 11.6. The molecule has 0 spiro atoms. The van der Waals surface area contributed by atoms with Gasteiger partial charge in [0.1, 0.15) is 34.7 Å². The van der Waals surface area contributed by atoms with Crippen LogP contribution in [0.2, 0.25) is 0 Å². The molecular weight excluding hydrogens is 729 g/mol. The summed E-state index contributed by atoms with van der Waals surface area (Å²) in [6.45, 7) is 0.662. The third-order valence-corrected chi connectivity index (χ3v) is 10.2. The number of nitrogens with zero attached hydrogens (tertiary/aromatic N) is 8. The first-order valence-electron chi connectivity index (χ1n) is 18.9. The molecule has 0 saturated carbocycles. The number of carbonyl (C=O) groups excluding carboxylic acids is 1. The van der Waals surface area contributed by atoms with Gasteiger partial charge in [-0.05, 0) is 52.9 Å². The number of amides is 1. The molecule has 0 radical (unpaired) electrons. The number of nitrogens with one attached hydrogen (secondary N) is 2. The summed E-state index contributed by atoms with van der Waals surface area (Å²) in [5.41, 5.74) is 8.70. The number of imidazole rings is 1. The van der Waals surface area contributed by atoms with E-state index in [1.807, 2.05) is 36.5 Å². The monoisotopic (exact) mass is 766 g/mol. The molecule has 9 rings (SSSR count). The van der Waals surface area contributed by atoms with Crippen LogP contribution in [-0.4, -0.2) is 69.6 Å². The number of benzene rings is 4. The minimum absolute atomic E-state index is 0.0578. The third-order valence-electron chi connectivity index (χ3n) is 10.2. The first-order valence-corrected chi connectivity index (χ1v) is 18.9. The van der Waals surface area contributed by atoms with E-state index in [1.54, 1.807) is 23.3 Å². The summed E-state index contributed by atoms with van der Waals surface area (Å²) in [6, 6.07) is 41.4. The Labute approximate surface area is 333 Å². The van der Waals surface area contributed by atoms with Gasteiger partial charge in [-0.3, -0.25) is 14.6 Å². The fraction of sp³-hybridized carbons (Fsp3) is 0.133. The Kier molecular flexibility index (Phi) is 9.69. The van der Waals surface area contributed by atoms with E-state index in [0.29, 0.717) is 41.4 Å². The number of hydrogen-bond donors (Lipinski definition) is 3. The van der Waals surface area contributed by atoms with Gasteiger partial charge in [-0.1, -0.05) is 102 Å². The number of rotatable bonds is 12. The minimum Gasteiger partial charge on any atom is -0.445 e. The summed E-state index contributed by atoms with van der Waals surface area (Å²) in [6.07, 6.45) is 7.07. The molecule has 13 nitrogen and oxygen atoms in total. The number of H-pyrrole nitrogens is 1. The van der Waals surface area contributed by atoms with Gasteiger partial charge in [-0.2, -0.15) is 5.10 Å². The second-order valence-corrected chi connectivity index (χ2v) is 13.8. The van der Waals surface area contributed by atoms with Crippen molar-refractivity contribution < 1.29 is 14.6 Å². The summed E-state index contributed by atoms with van der Waals surface area (Å²) in [5, 5.41) is 26.9. The number of aliphatic hydroxyl groups is 1. The van der Waals surface area contributed by atoms with Crippen molar-refractivity contribution in [1.82, 2.24) is 50.0 Å². The van der Waals surface area contributed by atoms with E-state index in [9.17, 15) is 9.90 Å². The van der Waals surface area contributed by atoms with Crippen molar-refractivity contribution in [3.63, 3.8) is 0 Å². The highest BCUT2D eigenvalue weighted by Crippen LogP contribution is 2.44. The molecule has 0 unspecified atom stereocenters. The molecule has 13 heteroatoms. The largest absolute Gasteiger partial charge is 0.445 e. The molecule has 0 aliphatic carbocycles. The maximum absolute atomic E-state index is 11.9. The molecule has 9 aromatic rings. The van der Waals surface area contributed by atoms with E-state index < -0.39 is 11.6 Å². The fourth-order valence-electron chi connectivity index (χ4n) is 7.56. The number of aromatic nitrogens is 9. The van der Waals surface area contributed by atoms with Gasteiger partial charge in [0.15, 0.2) is 5.82 Å². The zero-order valence-electron chi connectivity index (χ0n) is 31.5. The van der Waals surface area contributed by atoms with Crippen LogP contribution >= 0.6 is 0 Å². The molecule has 0 saturated heterocycles. The van der Waals surface area contributed by atoms with Crippen LogP contribution in [0.1, 0.15) is 28.7 Å². The average Bonchev–Trinajstić information content (AvgIpc) is 4.04. The number of ether oxygens (including phenoxy) is 1. The molecule has 1 amide bonds. The standard InChI is InChI=1S/C45H38N10O3/c1-46-44(57)58-29-30-24-32(27-47-26-30)31-18-19-39-36(25-31)40(43-49-37-20-21-48-41(42(37)50-43)38-28-54(53-51-38)22-11-23-56)52-55(39)45(33-12-5-2-6-13-33,34-14-7-3-8-15-34)35-16-9-4-10-17-35/h2-10,12-21,24-28,56H,11,22-23,29H2,1H3,(H,46,57)(H,49,50). The van der Waals surface area contributed by atoms with Crippen LogP contribution in [0.3, 0.4) is 0 Å². The Morgan fingerprint density at radius 1 is 0.845 bits per heavy atom.